The Labute approximate surface area is 68.5 Å². The lowest BCUT2D eigenvalue weighted by Crippen LogP contribution is -1.92. The fraction of sp³-hybridized carbons (Fsp3) is 0.556. The van der Waals surface area contributed by atoms with Gasteiger partial charge in [0.25, 0.3) is 0 Å². The average Bonchev–Trinajstić information content (AvgIpc) is 2.03. The van der Waals surface area contributed by atoms with E-state index in [2.05, 4.69) is 6.08 Å². The summed E-state index contributed by atoms with van der Waals surface area (Å²) in [5.41, 5.74) is 0. The van der Waals surface area contributed by atoms with Crippen molar-refractivity contribution in [3.63, 3.8) is 0 Å². The third kappa shape index (κ3) is 9.24. The van der Waals surface area contributed by atoms with Gasteiger partial charge in [-0.3, -0.25) is 0 Å². The van der Waals surface area contributed by atoms with Gasteiger partial charge in [0.05, 0.1) is 26.6 Å². The molecule has 0 unspecified atom stereocenters. The zero-order valence-electron chi connectivity index (χ0n) is 7.25. The molecule has 0 rings (SSSR count). The highest BCUT2D eigenvalue weighted by molar-refractivity contribution is 4.77. The lowest BCUT2D eigenvalue weighted by molar-refractivity contribution is 0.165. The van der Waals surface area contributed by atoms with Gasteiger partial charge in [-0.25, -0.2) is 0 Å². The molecule has 0 saturated carbocycles. The molecule has 0 radical (unpaired) electrons. The van der Waals surface area contributed by atoms with E-state index in [4.69, 9.17) is 9.47 Å². The van der Waals surface area contributed by atoms with Crippen molar-refractivity contribution >= 4 is 0 Å². The highest BCUT2D eigenvalue weighted by atomic mass is 16.5. The van der Waals surface area contributed by atoms with Crippen LogP contribution in [-0.4, -0.2) is 20.3 Å². The van der Waals surface area contributed by atoms with E-state index < -0.39 is 0 Å². The third-order valence-corrected chi connectivity index (χ3v) is 1.11. The Hall–Kier alpha value is -0.760. The summed E-state index contributed by atoms with van der Waals surface area (Å²) in [5.74, 6) is 0. The van der Waals surface area contributed by atoms with Gasteiger partial charge in [-0.2, -0.15) is 0 Å². The van der Waals surface area contributed by atoms with Crippen LogP contribution < -0.4 is 0 Å². The molecule has 0 aromatic heterocycles. The Balaban J connectivity index is 2.96. The van der Waals surface area contributed by atoms with Gasteiger partial charge in [0, 0.05) is 0 Å². The fourth-order valence-corrected chi connectivity index (χ4v) is 0.605. The molecule has 0 aliphatic heterocycles. The number of methoxy groups -OCH3 is 1. The second kappa shape index (κ2) is 9.24. The van der Waals surface area contributed by atoms with Gasteiger partial charge < -0.3 is 9.47 Å². The molecule has 0 amide bonds. The third-order valence-electron chi connectivity index (χ3n) is 1.11. The van der Waals surface area contributed by atoms with E-state index in [1.54, 1.807) is 13.4 Å². The van der Waals surface area contributed by atoms with Crippen molar-refractivity contribution in [2.75, 3.05) is 20.3 Å². The first-order valence-electron chi connectivity index (χ1n) is 3.78. The van der Waals surface area contributed by atoms with Crippen LogP contribution in [0.4, 0.5) is 0 Å². The SMILES string of the molecule is C/C=C\CCOC/C=C/OC. The van der Waals surface area contributed by atoms with Crippen molar-refractivity contribution in [2.45, 2.75) is 13.3 Å². The quantitative estimate of drug-likeness (QED) is 0.333. The predicted octanol–water partition coefficient (Wildman–Crippen LogP) is 2.13. The molecule has 2 nitrogen and oxygen atoms in total. The second-order valence-corrected chi connectivity index (χ2v) is 2.04. The second-order valence-electron chi connectivity index (χ2n) is 2.04. The van der Waals surface area contributed by atoms with Crippen LogP contribution in [0.25, 0.3) is 0 Å². The lowest BCUT2D eigenvalue weighted by Gasteiger charge is -1.95. The van der Waals surface area contributed by atoms with E-state index in [1.807, 2.05) is 19.1 Å². The molecule has 0 spiro atoms. The monoisotopic (exact) mass is 156 g/mol. The van der Waals surface area contributed by atoms with E-state index in [0.717, 1.165) is 13.0 Å². The van der Waals surface area contributed by atoms with Crippen molar-refractivity contribution in [1.29, 1.82) is 0 Å². The van der Waals surface area contributed by atoms with Gasteiger partial charge in [-0.05, 0) is 19.4 Å². The molecule has 0 bridgehead atoms. The van der Waals surface area contributed by atoms with Crippen LogP contribution in [0.2, 0.25) is 0 Å². The predicted molar refractivity (Wildman–Crippen MR) is 46.4 cm³/mol. The van der Waals surface area contributed by atoms with Gasteiger partial charge in [-0.15, -0.1) is 0 Å². The molecular formula is C9H16O2. The first-order valence-corrected chi connectivity index (χ1v) is 3.78. The Kier molecular flexibility index (Phi) is 8.60. The maximum absolute atomic E-state index is 5.22. The highest BCUT2D eigenvalue weighted by Gasteiger charge is 1.80. The first-order chi connectivity index (χ1) is 5.41. The minimum absolute atomic E-state index is 0.630. The van der Waals surface area contributed by atoms with E-state index >= 15 is 0 Å². The summed E-state index contributed by atoms with van der Waals surface area (Å²) >= 11 is 0. The van der Waals surface area contributed by atoms with Gasteiger partial charge in [-0.1, -0.05) is 12.2 Å². The summed E-state index contributed by atoms with van der Waals surface area (Å²) in [7, 11) is 1.62. The number of hydrogen-bond acceptors (Lipinski definition) is 2. The summed E-state index contributed by atoms with van der Waals surface area (Å²) in [6, 6.07) is 0. The minimum atomic E-state index is 0.630. The van der Waals surface area contributed by atoms with Gasteiger partial charge >= 0.3 is 0 Å². The largest absolute Gasteiger partial charge is 0.505 e. The van der Waals surface area contributed by atoms with Crippen molar-refractivity contribution < 1.29 is 9.47 Å². The van der Waals surface area contributed by atoms with Crippen molar-refractivity contribution in [1.82, 2.24) is 0 Å². The lowest BCUT2D eigenvalue weighted by atomic mass is 10.4. The average molecular weight is 156 g/mol. The fourth-order valence-electron chi connectivity index (χ4n) is 0.605. The molecule has 0 heterocycles. The molecule has 0 aromatic carbocycles. The van der Waals surface area contributed by atoms with Crippen molar-refractivity contribution in [3.8, 4) is 0 Å². The van der Waals surface area contributed by atoms with E-state index in [9.17, 15) is 0 Å². The standard InChI is InChI=1S/C9H16O2/c1-3-4-5-8-11-9-6-7-10-2/h3-4,6-7H,5,8-9H2,1-2H3/b4-3-,7-6+. The first kappa shape index (κ1) is 10.2. The Morgan fingerprint density at radius 3 is 2.73 bits per heavy atom. The molecule has 0 aliphatic rings. The number of hydrogen-bond donors (Lipinski definition) is 0. The van der Waals surface area contributed by atoms with Gasteiger partial charge in [0.2, 0.25) is 0 Å². The molecule has 64 valence electrons. The van der Waals surface area contributed by atoms with Crippen LogP contribution in [0.3, 0.4) is 0 Å². The zero-order valence-corrected chi connectivity index (χ0v) is 7.25. The summed E-state index contributed by atoms with van der Waals surface area (Å²) in [6.45, 7) is 3.41. The smallest absolute Gasteiger partial charge is 0.0807 e. The Morgan fingerprint density at radius 2 is 2.09 bits per heavy atom. The van der Waals surface area contributed by atoms with Crippen LogP contribution in [0.1, 0.15) is 13.3 Å². The molecule has 2 heteroatoms. The molecule has 0 aliphatic carbocycles. The Morgan fingerprint density at radius 1 is 1.27 bits per heavy atom. The van der Waals surface area contributed by atoms with E-state index in [-0.39, 0.29) is 0 Å². The normalized spacial score (nSPS) is 11.5. The molecule has 0 saturated heterocycles. The summed E-state index contributed by atoms with van der Waals surface area (Å²) in [4.78, 5) is 0. The molecule has 0 N–H and O–H groups in total. The molecule has 0 atom stereocenters. The van der Waals surface area contributed by atoms with Crippen LogP contribution in [0.5, 0.6) is 0 Å². The molecular weight excluding hydrogens is 140 g/mol. The highest BCUT2D eigenvalue weighted by Crippen LogP contribution is 1.85. The molecule has 11 heavy (non-hydrogen) atoms. The summed E-state index contributed by atoms with van der Waals surface area (Å²) < 4.78 is 9.91. The van der Waals surface area contributed by atoms with E-state index in [1.165, 1.54) is 0 Å². The van der Waals surface area contributed by atoms with Gasteiger partial charge in [0.1, 0.15) is 0 Å². The zero-order chi connectivity index (χ0) is 8.36. The van der Waals surface area contributed by atoms with Crippen LogP contribution in [0.15, 0.2) is 24.5 Å². The minimum Gasteiger partial charge on any atom is -0.505 e. The Bertz CT molecular complexity index is 117. The summed E-state index contributed by atoms with van der Waals surface area (Å²) in [5, 5.41) is 0. The molecule has 0 fully saturated rings. The molecule has 0 aromatic rings. The topological polar surface area (TPSA) is 18.5 Å². The number of ether oxygens (including phenoxy) is 2. The van der Waals surface area contributed by atoms with Crippen LogP contribution in [0, 0.1) is 0 Å². The number of allylic oxidation sites excluding steroid dienone is 1. The van der Waals surface area contributed by atoms with Crippen molar-refractivity contribution in [2.24, 2.45) is 0 Å². The summed E-state index contributed by atoms with van der Waals surface area (Å²) in [6.07, 6.45) is 8.55. The van der Waals surface area contributed by atoms with Crippen molar-refractivity contribution in [3.05, 3.63) is 24.5 Å². The maximum atomic E-state index is 5.22. The van der Waals surface area contributed by atoms with Crippen LogP contribution >= 0.6 is 0 Å². The van der Waals surface area contributed by atoms with Crippen LogP contribution in [-0.2, 0) is 9.47 Å². The maximum Gasteiger partial charge on any atom is 0.0807 e. The van der Waals surface area contributed by atoms with Gasteiger partial charge in [0.15, 0.2) is 0 Å². The number of rotatable bonds is 6. The van der Waals surface area contributed by atoms with E-state index in [0.29, 0.717) is 6.61 Å².